The number of fused-ring (bicyclic) bond motifs is 2. The minimum atomic E-state index is -0.498. The van der Waals surface area contributed by atoms with E-state index in [9.17, 15) is 9.59 Å². The Kier molecular flexibility index (Phi) is 6.67. The highest BCUT2D eigenvalue weighted by Gasteiger charge is 2.42. The first-order valence-corrected chi connectivity index (χ1v) is 11.6. The predicted molar refractivity (Wildman–Crippen MR) is 128 cm³/mol. The van der Waals surface area contributed by atoms with E-state index in [2.05, 4.69) is 22.9 Å². The van der Waals surface area contributed by atoms with Crippen LogP contribution in [0.4, 0.5) is 0 Å². The fraction of sp³-hybridized carbons (Fsp3) is 0.360. The molecule has 1 amide bonds. The molecule has 3 aromatic rings. The van der Waals surface area contributed by atoms with E-state index in [4.69, 9.17) is 9.15 Å². The molecular formula is C25H27BrN2O4. The van der Waals surface area contributed by atoms with Gasteiger partial charge in [-0.25, -0.2) is 0 Å². The van der Waals surface area contributed by atoms with E-state index >= 15 is 0 Å². The number of carbonyl (C=O) groups excluding carboxylic acids is 1. The number of carbonyl (C=O) groups is 1. The van der Waals surface area contributed by atoms with Crippen LogP contribution in [0, 0.1) is 0 Å². The smallest absolute Gasteiger partial charge is 0.290 e. The number of amides is 1. The van der Waals surface area contributed by atoms with Crippen molar-refractivity contribution < 1.29 is 13.9 Å². The number of ether oxygens (including phenoxy) is 1. The second kappa shape index (κ2) is 9.46. The summed E-state index contributed by atoms with van der Waals surface area (Å²) in [5.41, 5.74) is 1.51. The van der Waals surface area contributed by atoms with Gasteiger partial charge in [-0.05, 0) is 56.4 Å². The lowest BCUT2D eigenvalue weighted by Crippen LogP contribution is -2.35. The van der Waals surface area contributed by atoms with E-state index in [0.717, 1.165) is 28.6 Å². The van der Waals surface area contributed by atoms with Gasteiger partial charge in [0, 0.05) is 17.6 Å². The number of unbranched alkanes of at least 4 members (excludes halogenated alkanes) is 1. The summed E-state index contributed by atoms with van der Waals surface area (Å²) < 4.78 is 12.6. The average Bonchev–Trinajstić information content (AvgIpc) is 3.05. The van der Waals surface area contributed by atoms with Crippen molar-refractivity contribution in [3.8, 4) is 5.75 Å². The Labute approximate surface area is 195 Å². The predicted octanol–water partition coefficient (Wildman–Crippen LogP) is 4.84. The van der Waals surface area contributed by atoms with Gasteiger partial charge in [0.2, 0.25) is 5.76 Å². The second-order valence-corrected chi connectivity index (χ2v) is 9.21. The number of halogens is 1. The summed E-state index contributed by atoms with van der Waals surface area (Å²) >= 11 is 3.43. The number of rotatable bonds is 8. The van der Waals surface area contributed by atoms with Crippen molar-refractivity contribution in [1.82, 2.24) is 9.80 Å². The van der Waals surface area contributed by atoms with E-state index in [1.54, 1.807) is 23.1 Å². The van der Waals surface area contributed by atoms with Crippen LogP contribution in [0.25, 0.3) is 11.0 Å². The van der Waals surface area contributed by atoms with Gasteiger partial charge in [-0.2, -0.15) is 0 Å². The van der Waals surface area contributed by atoms with Crippen LogP contribution in [-0.2, 0) is 0 Å². The van der Waals surface area contributed by atoms with Crippen LogP contribution in [0.5, 0.6) is 5.75 Å². The molecule has 1 aromatic heterocycles. The maximum absolute atomic E-state index is 13.5. The molecule has 32 heavy (non-hydrogen) atoms. The Morgan fingerprint density at radius 3 is 2.56 bits per heavy atom. The third kappa shape index (κ3) is 4.32. The SMILES string of the molecule is CCCCOc1ccc(C2c3c(oc4ccc(Br)cc4c3=O)C(=O)N2CCN(C)C)cc1. The molecule has 0 spiro atoms. The maximum atomic E-state index is 13.5. The van der Waals surface area contributed by atoms with E-state index in [1.165, 1.54) is 0 Å². The third-order valence-electron chi connectivity index (χ3n) is 5.68. The van der Waals surface area contributed by atoms with Crippen LogP contribution >= 0.6 is 15.9 Å². The number of hydrogen-bond donors (Lipinski definition) is 0. The molecular weight excluding hydrogens is 472 g/mol. The van der Waals surface area contributed by atoms with Crippen molar-refractivity contribution >= 4 is 32.8 Å². The summed E-state index contributed by atoms with van der Waals surface area (Å²) in [5, 5.41) is 0.463. The minimum Gasteiger partial charge on any atom is -0.494 e. The van der Waals surface area contributed by atoms with E-state index < -0.39 is 6.04 Å². The number of benzene rings is 2. The topological polar surface area (TPSA) is 63.0 Å². The average molecular weight is 499 g/mol. The molecule has 168 valence electrons. The first-order valence-electron chi connectivity index (χ1n) is 10.9. The van der Waals surface area contributed by atoms with E-state index in [-0.39, 0.29) is 17.1 Å². The summed E-state index contributed by atoms with van der Waals surface area (Å²) in [7, 11) is 3.92. The first-order chi connectivity index (χ1) is 15.4. The molecule has 2 aromatic carbocycles. The summed E-state index contributed by atoms with van der Waals surface area (Å²) in [5.74, 6) is 0.662. The molecule has 0 N–H and O–H groups in total. The Morgan fingerprint density at radius 2 is 1.88 bits per heavy atom. The highest BCUT2D eigenvalue weighted by Crippen LogP contribution is 2.38. The monoisotopic (exact) mass is 498 g/mol. The second-order valence-electron chi connectivity index (χ2n) is 8.29. The van der Waals surface area contributed by atoms with E-state index in [0.29, 0.717) is 36.2 Å². The van der Waals surface area contributed by atoms with Gasteiger partial charge >= 0.3 is 0 Å². The summed E-state index contributed by atoms with van der Waals surface area (Å²) in [4.78, 5) is 30.6. The maximum Gasteiger partial charge on any atom is 0.290 e. The molecule has 0 fully saturated rings. The van der Waals surface area contributed by atoms with Crippen molar-refractivity contribution in [2.45, 2.75) is 25.8 Å². The number of likely N-dealkylation sites (N-methyl/N-ethyl adjacent to an activating group) is 1. The van der Waals surface area contributed by atoms with Crippen molar-refractivity contribution in [1.29, 1.82) is 0 Å². The molecule has 0 saturated carbocycles. The zero-order valence-corrected chi connectivity index (χ0v) is 20.1. The van der Waals surface area contributed by atoms with Crippen LogP contribution < -0.4 is 10.2 Å². The Hall–Kier alpha value is -2.64. The standard InChI is InChI=1S/C25H27BrN2O4/c1-4-5-14-31-18-9-6-16(7-10-18)22-21-23(29)19-15-17(26)8-11-20(19)32-24(21)25(30)28(22)13-12-27(2)3/h6-11,15,22H,4-5,12-14H2,1-3H3. The van der Waals surface area contributed by atoms with Crippen molar-refractivity contribution in [3.05, 3.63) is 74.0 Å². The fourth-order valence-corrected chi connectivity index (χ4v) is 4.32. The largest absolute Gasteiger partial charge is 0.494 e. The van der Waals surface area contributed by atoms with Gasteiger partial charge in [0.1, 0.15) is 11.3 Å². The zero-order valence-electron chi connectivity index (χ0n) is 18.6. The van der Waals surface area contributed by atoms with Gasteiger partial charge in [-0.1, -0.05) is 41.4 Å². The first kappa shape index (κ1) is 22.6. The number of hydrogen-bond acceptors (Lipinski definition) is 5. The molecule has 1 aliphatic rings. The van der Waals surface area contributed by atoms with Gasteiger partial charge in [-0.15, -0.1) is 0 Å². The van der Waals surface area contributed by atoms with Gasteiger partial charge in [-0.3, -0.25) is 9.59 Å². The van der Waals surface area contributed by atoms with Crippen LogP contribution in [0.3, 0.4) is 0 Å². The van der Waals surface area contributed by atoms with Crippen LogP contribution in [0.2, 0.25) is 0 Å². The molecule has 1 unspecified atom stereocenters. The molecule has 2 heterocycles. The van der Waals surface area contributed by atoms with Crippen LogP contribution in [0.15, 0.2) is 56.1 Å². The van der Waals surface area contributed by atoms with Crippen molar-refractivity contribution in [2.24, 2.45) is 0 Å². The molecule has 1 aliphatic heterocycles. The molecule has 7 heteroatoms. The molecule has 0 radical (unpaired) electrons. The summed E-state index contributed by atoms with van der Waals surface area (Å²) in [6.07, 6.45) is 2.06. The van der Waals surface area contributed by atoms with Gasteiger partial charge in [0.25, 0.3) is 5.91 Å². The number of nitrogens with zero attached hydrogens (tertiary/aromatic N) is 2. The lowest BCUT2D eigenvalue weighted by molar-refractivity contribution is 0.0716. The molecule has 0 aliphatic carbocycles. The van der Waals surface area contributed by atoms with Crippen molar-refractivity contribution in [2.75, 3.05) is 33.8 Å². The normalized spacial score (nSPS) is 15.6. The van der Waals surface area contributed by atoms with Crippen molar-refractivity contribution in [3.63, 3.8) is 0 Å². The van der Waals surface area contributed by atoms with E-state index in [1.807, 2.05) is 43.3 Å². The highest BCUT2D eigenvalue weighted by atomic mass is 79.9. The Balaban J connectivity index is 1.79. The lowest BCUT2D eigenvalue weighted by Gasteiger charge is -2.26. The zero-order chi connectivity index (χ0) is 22.8. The molecule has 1 atom stereocenters. The molecule has 4 rings (SSSR count). The molecule has 6 nitrogen and oxygen atoms in total. The minimum absolute atomic E-state index is 0.136. The van der Waals surface area contributed by atoms with Crippen LogP contribution in [0.1, 0.15) is 47.5 Å². The van der Waals surface area contributed by atoms with Crippen LogP contribution in [-0.4, -0.2) is 49.5 Å². The van der Waals surface area contributed by atoms with Gasteiger partial charge in [0.15, 0.2) is 5.43 Å². The molecule has 0 saturated heterocycles. The summed E-state index contributed by atoms with van der Waals surface area (Å²) in [6, 6.07) is 12.4. The van der Waals surface area contributed by atoms with Gasteiger partial charge < -0.3 is 19.0 Å². The van der Waals surface area contributed by atoms with Gasteiger partial charge in [0.05, 0.1) is 23.6 Å². The quantitative estimate of drug-likeness (QED) is 0.415. The lowest BCUT2D eigenvalue weighted by atomic mass is 9.98. The Morgan fingerprint density at radius 1 is 1.12 bits per heavy atom. The highest BCUT2D eigenvalue weighted by molar-refractivity contribution is 9.10. The summed E-state index contributed by atoms with van der Waals surface area (Å²) in [6.45, 7) is 3.94. The third-order valence-corrected chi connectivity index (χ3v) is 6.17. The Bertz CT molecular complexity index is 1190. The fourth-order valence-electron chi connectivity index (χ4n) is 3.96. The molecule has 0 bridgehead atoms.